The van der Waals surface area contributed by atoms with Crippen LogP contribution in [0.25, 0.3) is 0 Å². The monoisotopic (exact) mass is 440 g/mol. The fourth-order valence-corrected chi connectivity index (χ4v) is 3.24. The first-order valence-electron chi connectivity index (χ1n) is 9.04. The Hall–Kier alpha value is -2.09. The van der Waals surface area contributed by atoms with Gasteiger partial charge in [0.25, 0.3) is 5.91 Å². The summed E-state index contributed by atoms with van der Waals surface area (Å²) in [5.41, 5.74) is 0.893. The number of rotatable bonds is 8. The van der Waals surface area contributed by atoms with Crippen molar-refractivity contribution in [2.75, 3.05) is 26.3 Å². The van der Waals surface area contributed by atoms with Crippen molar-refractivity contribution in [1.29, 1.82) is 0 Å². The van der Waals surface area contributed by atoms with E-state index in [0.29, 0.717) is 25.4 Å². The number of carbonyl (C=O) groups excluding carboxylic acids is 3. The van der Waals surface area contributed by atoms with E-state index in [1.165, 1.54) is 4.90 Å². The summed E-state index contributed by atoms with van der Waals surface area (Å²) in [5, 5.41) is 2.69. The molecule has 1 aliphatic rings. The fourth-order valence-electron chi connectivity index (χ4n) is 2.76. The van der Waals surface area contributed by atoms with Gasteiger partial charge in [0.05, 0.1) is 13.0 Å². The first kappa shape index (κ1) is 21.2. The molecule has 1 aliphatic heterocycles. The minimum atomic E-state index is -0.866. The number of piperazine rings is 1. The van der Waals surface area contributed by atoms with Crippen LogP contribution in [0.15, 0.2) is 22.7 Å². The summed E-state index contributed by atoms with van der Waals surface area (Å²) in [6.07, 6.45) is 1.53. The maximum Gasteiger partial charge on any atom is 0.308 e. The lowest BCUT2D eigenvalue weighted by Gasteiger charge is -2.34. The summed E-state index contributed by atoms with van der Waals surface area (Å²) in [7, 11) is 0. The number of aryl methyl sites for hydroxylation is 1. The molecule has 8 heteroatoms. The molecule has 1 unspecified atom stereocenters. The summed E-state index contributed by atoms with van der Waals surface area (Å²) in [6, 6.07) is 4.63. The lowest BCUT2D eigenvalue weighted by atomic mass is 10.1. The van der Waals surface area contributed by atoms with Crippen molar-refractivity contribution in [2.45, 2.75) is 39.2 Å². The molecule has 0 aromatic heterocycles. The second-order valence-corrected chi connectivity index (χ2v) is 7.29. The van der Waals surface area contributed by atoms with Crippen LogP contribution >= 0.6 is 15.9 Å². The second kappa shape index (κ2) is 10.3. The summed E-state index contributed by atoms with van der Waals surface area (Å²) in [6.45, 7) is 4.69. The average Bonchev–Trinajstić information content (AvgIpc) is 2.62. The third-order valence-corrected chi connectivity index (χ3v) is 4.75. The number of halogens is 1. The topological polar surface area (TPSA) is 84.9 Å². The van der Waals surface area contributed by atoms with E-state index in [9.17, 15) is 14.4 Å². The molecule has 1 atom stereocenters. The van der Waals surface area contributed by atoms with Crippen LogP contribution in [0.2, 0.25) is 0 Å². The van der Waals surface area contributed by atoms with E-state index in [1.807, 2.05) is 26.0 Å². The van der Waals surface area contributed by atoms with Crippen molar-refractivity contribution < 1.29 is 23.9 Å². The largest absolute Gasteiger partial charge is 0.483 e. The number of ether oxygens (including phenoxy) is 2. The lowest BCUT2D eigenvalue weighted by Crippen LogP contribution is -2.58. The number of carbonyl (C=O) groups is 3. The Morgan fingerprint density at radius 2 is 2.15 bits per heavy atom. The van der Waals surface area contributed by atoms with Crippen molar-refractivity contribution >= 4 is 33.7 Å². The zero-order chi connectivity index (χ0) is 19.8. The second-order valence-electron chi connectivity index (χ2n) is 6.37. The van der Waals surface area contributed by atoms with E-state index in [2.05, 4.69) is 21.2 Å². The van der Waals surface area contributed by atoms with Crippen molar-refractivity contribution in [3.63, 3.8) is 0 Å². The van der Waals surface area contributed by atoms with Gasteiger partial charge < -0.3 is 19.7 Å². The summed E-state index contributed by atoms with van der Waals surface area (Å²) < 4.78 is 11.7. The van der Waals surface area contributed by atoms with Gasteiger partial charge in [-0.1, -0.05) is 29.3 Å². The fraction of sp³-hybridized carbons (Fsp3) is 0.526. The molecule has 7 nitrogen and oxygen atoms in total. The SMILES string of the molecule is CCCCOC(=O)CC1C(=O)NCCN1C(=O)COc1ccc(Br)cc1C. The average molecular weight is 441 g/mol. The van der Waals surface area contributed by atoms with Crippen LogP contribution in [-0.2, 0) is 19.1 Å². The first-order valence-corrected chi connectivity index (χ1v) is 9.83. The third kappa shape index (κ3) is 6.23. The molecule has 1 saturated heterocycles. The molecule has 148 valence electrons. The Morgan fingerprint density at radius 3 is 2.85 bits per heavy atom. The van der Waals surface area contributed by atoms with Crippen molar-refractivity contribution in [3.8, 4) is 5.75 Å². The van der Waals surface area contributed by atoms with Crippen LogP contribution in [0.4, 0.5) is 0 Å². The van der Waals surface area contributed by atoms with E-state index in [1.54, 1.807) is 6.07 Å². The third-order valence-electron chi connectivity index (χ3n) is 4.26. The first-order chi connectivity index (χ1) is 12.9. The molecule has 0 saturated carbocycles. The van der Waals surface area contributed by atoms with Crippen LogP contribution in [0, 0.1) is 6.92 Å². The smallest absolute Gasteiger partial charge is 0.308 e. The molecule has 2 rings (SSSR count). The number of nitrogens with one attached hydrogen (secondary N) is 1. The molecule has 0 spiro atoms. The molecular weight excluding hydrogens is 416 g/mol. The minimum Gasteiger partial charge on any atom is -0.483 e. The molecule has 0 radical (unpaired) electrons. The molecule has 1 aromatic rings. The van der Waals surface area contributed by atoms with Gasteiger partial charge in [-0.05, 0) is 37.1 Å². The zero-order valence-corrected chi connectivity index (χ0v) is 17.2. The van der Waals surface area contributed by atoms with Gasteiger partial charge in [0, 0.05) is 17.6 Å². The van der Waals surface area contributed by atoms with Crippen LogP contribution < -0.4 is 10.1 Å². The summed E-state index contributed by atoms with van der Waals surface area (Å²) in [4.78, 5) is 38.2. The number of hydrogen-bond acceptors (Lipinski definition) is 5. The highest BCUT2D eigenvalue weighted by molar-refractivity contribution is 9.10. The Balaban J connectivity index is 1.96. The van der Waals surface area contributed by atoms with Gasteiger partial charge in [0.1, 0.15) is 11.8 Å². The quantitative estimate of drug-likeness (QED) is 0.494. The van der Waals surface area contributed by atoms with Gasteiger partial charge >= 0.3 is 5.97 Å². The zero-order valence-electron chi connectivity index (χ0n) is 15.6. The van der Waals surface area contributed by atoms with Crippen molar-refractivity contribution in [3.05, 3.63) is 28.2 Å². The molecule has 0 bridgehead atoms. The highest BCUT2D eigenvalue weighted by atomic mass is 79.9. The predicted molar refractivity (Wildman–Crippen MR) is 103 cm³/mol. The summed E-state index contributed by atoms with van der Waals surface area (Å²) in [5.74, 6) is -0.558. The van der Waals surface area contributed by atoms with Crippen molar-refractivity contribution in [2.24, 2.45) is 0 Å². The Labute approximate surface area is 167 Å². The van der Waals surface area contributed by atoms with Crippen LogP contribution in [0.5, 0.6) is 5.75 Å². The summed E-state index contributed by atoms with van der Waals surface area (Å²) >= 11 is 3.38. The minimum absolute atomic E-state index is 0.154. The van der Waals surface area contributed by atoms with Gasteiger partial charge in [0.2, 0.25) is 5.91 Å². The van der Waals surface area contributed by atoms with E-state index >= 15 is 0 Å². The molecular formula is C19H25BrN2O5. The molecule has 1 aromatic carbocycles. The van der Waals surface area contributed by atoms with Crippen molar-refractivity contribution in [1.82, 2.24) is 10.2 Å². The lowest BCUT2D eigenvalue weighted by molar-refractivity contribution is -0.152. The molecule has 1 heterocycles. The van der Waals surface area contributed by atoms with Gasteiger partial charge in [-0.2, -0.15) is 0 Å². The number of unbranched alkanes of at least 4 members (excludes halogenated alkanes) is 1. The Bertz CT molecular complexity index is 695. The number of amides is 2. The predicted octanol–water partition coefficient (Wildman–Crippen LogP) is 2.20. The van der Waals surface area contributed by atoms with Gasteiger partial charge in [0.15, 0.2) is 6.61 Å². The number of hydrogen-bond donors (Lipinski definition) is 1. The van der Waals surface area contributed by atoms with E-state index < -0.39 is 12.0 Å². The Kier molecular flexibility index (Phi) is 8.09. The highest BCUT2D eigenvalue weighted by Gasteiger charge is 2.35. The van der Waals surface area contributed by atoms with E-state index in [0.717, 1.165) is 22.9 Å². The van der Waals surface area contributed by atoms with Crippen LogP contribution in [-0.4, -0.2) is 55.0 Å². The number of nitrogens with zero attached hydrogens (tertiary/aromatic N) is 1. The van der Waals surface area contributed by atoms with E-state index in [4.69, 9.17) is 9.47 Å². The molecule has 2 amide bonds. The van der Waals surface area contributed by atoms with Gasteiger partial charge in [-0.3, -0.25) is 14.4 Å². The highest BCUT2D eigenvalue weighted by Crippen LogP contribution is 2.22. The maximum atomic E-state index is 12.6. The van der Waals surface area contributed by atoms with Crippen LogP contribution in [0.3, 0.4) is 0 Å². The molecule has 0 aliphatic carbocycles. The standard InChI is InChI=1S/C19H25BrN2O5/c1-3-4-9-26-18(24)11-15-19(25)21-7-8-22(15)17(23)12-27-16-6-5-14(20)10-13(16)2/h5-6,10,15H,3-4,7-9,11-12H2,1-2H3,(H,21,25). The van der Waals surface area contributed by atoms with E-state index in [-0.39, 0.29) is 24.8 Å². The molecule has 1 fully saturated rings. The molecule has 27 heavy (non-hydrogen) atoms. The number of esters is 1. The normalized spacial score (nSPS) is 16.6. The van der Waals surface area contributed by atoms with Gasteiger partial charge in [-0.25, -0.2) is 0 Å². The van der Waals surface area contributed by atoms with Gasteiger partial charge in [-0.15, -0.1) is 0 Å². The van der Waals surface area contributed by atoms with Crippen LogP contribution in [0.1, 0.15) is 31.7 Å². The number of benzene rings is 1. The maximum absolute atomic E-state index is 12.6. The Morgan fingerprint density at radius 1 is 1.37 bits per heavy atom. The molecule has 1 N–H and O–H groups in total.